The molecule has 1 amide bonds. The number of aliphatic imine (C=N–C) groups is 1. The van der Waals surface area contributed by atoms with Crippen molar-refractivity contribution in [3.8, 4) is 5.75 Å². The maximum Gasteiger partial charge on any atom is 0.278 e. The summed E-state index contributed by atoms with van der Waals surface area (Å²) in [4.78, 5) is 25.4. The predicted octanol–water partition coefficient (Wildman–Crippen LogP) is 7.09. The Labute approximate surface area is 255 Å². The van der Waals surface area contributed by atoms with Crippen molar-refractivity contribution in [2.45, 2.75) is 32.2 Å². The number of nitrogens with zero attached hydrogens (tertiary/aromatic N) is 4. The Morgan fingerprint density at radius 2 is 1.37 bits per heavy atom. The van der Waals surface area contributed by atoms with Gasteiger partial charge in [-0.2, -0.15) is 0 Å². The van der Waals surface area contributed by atoms with Crippen LogP contribution in [0.4, 0.5) is 11.4 Å². The third-order valence-corrected chi connectivity index (χ3v) is 8.34. The van der Waals surface area contributed by atoms with E-state index in [1.807, 2.05) is 53.4 Å². The van der Waals surface area contributed by atoms with Gasteiger partial charge < -0.3 is 4.74 Å². The number of benzene rings is 4. The Balaban J connectivity index is 1.13. The largest absolute Gasteiger partial charge is 0.494 e. The average Bonchev–Trinajstić information content (AvgIpc) is 3.32. The number of fused-ring (bicyclic) bond motifs is 1. The second-order valence-corrected chi connectivity index (χ2v) is 11.3. The van der Waals surface area contributed by atoms with E-state index < -0.39 is 0 Å². The van der Waals surface area contributed by atoms with Crippen LogP contribution >= 0.6 is 0 Å². The van der Waals surface area contributed by atoms with Crippen LogP contribution in [0.1, 0.15) is 48.9 Å². The van der Waals surface area contributed by atoms with Crippen molar-refractivity contribution in [2.24, 2.45) is 4.99 Å². The first-order valence-corrected chi connectivity index (χ1v) is 15.5. The first-order valence-electron chi connectivity index (χ1n) is 15.5. The molecule has 0 atom stereocenters. The molecule has 0 spiro atoms. The van der Waals surface area contributed by atoms with Crippen molar-refractivity contribution in [3.05, 3.63) is 126 Å². The van der Waals surface area contributed by atoms with Gasteiger partial charge in [-0.15, -0.1) is 0 Å². The zero-order valence-corrected chi connectivity index (χ0v) is 24.9. The summed E-state index contributed by atoms with van der Waals surface area (Å²) in [6, 6.07) is 37.4. The lowest BCUT2D eigenvalue weighted by Gasteiger charge is -2.40. The van der Waals surface area contributed by atoms with Gasteiger partial charge in [0, 0.05) is 31.7 Å². The third-order valence-electron chi connectivity index (χ3n) is 8.34. The van der Waals surface area contributed by atoms with Gasteiger partial charge in [-0.25, -0.2) is 4.99 Å². The summed E-state index contributed by atoms with van der Waals surface area (Å²) in [6.45, 7) is 7.07. The van der Waals surface area contributed by atoms with Crippen LogP contribution < -0.4 is 9.64 Å². The molecule has 2 aliphatic rings. The molecule has 4 aromatic rings. The Kier molecular flexibility index (Phi) is 9.26. The number of anilines is 1. The minimum Gasteiger partial charge on any atom is -0.494 e. The SMILES string of the molecule is CCCCCOc1ccc(N=C2C(=O)N(CN3CCN(C(c4ccccc4)c4ccccc4)CC3)c3ccccc32)cc1. The molecule has 0 bridgehead atoms. The number of rotatable bonds is 11. The minimum absolute atomic E-state index is 0.0463. The fraction of sp³-hybridized carbons (Fsp3) is 0.297. The molecule has 0 N–H and O–H groups in total. The zero-order chi connectivity index (χ0) is 29.4. The molecule has 0 radical (unpaired) electrons. The second-order valence-electron chi connectivity index (χ2n) is 11.3. The van der Waals surface area contributed by atoms with E-state index in [1.54, 1.807) is 0 Å². The van der Waals surface area contributed by atoms with Crippen LogP contribution in [0.5, 0.6) is 5.75 Å². The van der Waals surface area contributed by atoms with Crippen LogP contribution in [0.2, 0.25) is 0 Å². The van der Waals surface area contributed by atoms with Gasteiger partial charge in [-0.05, 0) is 47.9 Å². The maximum atomic E-state index is 13.8. The summed E-state index contributed by atoms with van der Waals surface area (Å²) in [5.74, 6) is 0.788. The highest BCUT2D eigenvalue weighted by Crippen LogP contribution is 2.33. The maximum absolute atomic E-state index is 13.8. The Morgan fingerprint density at radius 1 is 0.744 bits per heavy atom. The standard InChI is InChI=1S/C37H40N4O2/c1-2-3-12-27-43-32-21-19-31(20-22-32)38-35-33-17-10-11-18-34(33)41(37(35)42)28-39-23-25-40(26-24-39)36(29-13-6-4-7-14-29)30-15-8-5-9-16-30/h4-11,13-22,36H,2-3,12,23-28H2,1H3. The highest BCUT2D eigenvalue weighted by Gasteiger charge is 2.36. The van der Waals surface area contributed by atoms with Crippen LogP contribution in [0.3, 0.4) is 0 Å². The first-order chi connectivity index (χ1) is 21.2. The van der Waals surface area contributed by atoms with E-state index in [0.717, 1.165) is 61.9 Å². The van der Waals surface area contributed by atoms with E-state index in [9.17, 15) is 4.79 Å². The van der Waals surface area contributed by atoms with Crippen molar-refractivity contribution in [2.75, 3.05) is 44.4 Å². The Hall–Kier alpha value is -4.26. The number of hydrogen-bond donors (Lipinski definition) is 0. The van der Waals surface area contributed by atoms with Gasteiger partial charge in [-0.1, -0.05) is 98.6 Å². The number of para-hydroxylation sites is 1. The first kappa shape index (κ1) is 28.8. The highest BCUT2D eigenvalue weighted by molar-refractivity contribution is 6.54. The molecular formula is C37H40N4O2. The molecule has 2 heterocycles. The molecule has 0 saturated carbocycles. The van der Waals surface area contributed by atoms with Gasteiger partial charge >= 0.3 is 0 Å². The van der Waals surface area contributed by atoms with Crippen molar-refractivity contribution < 1.29 is 9.53 Å². The molecule has 6 nitrogen and oxygen atoms in total. The number of carbonyl (C=O) groups is 1. The lowest BCUT2D eigenvalue weighted by Crippen LogP contribution is -2.51. The monoisotopic (exact) mass is 572 g/mol. The Bertz CT molecular complexity index is 1470. The zero-order valence-electron chi connectivity index (χ0n) is 24.9. The third kappa shape index (κ3) is 6.71. The van der Waals surface area contributed by atoms with Gasteiger partial charge in [0.2, 0.25) is 0 Å². The van der Waals surface area contributed by atoms with Crippen LogP contribution in [-0.2, 0) is 4.79 Å². The normalized spacial score (nSPS) is 16.7. The van der Waals surface area contributed by atoms with E-state index >= 15 is 0 Å². The van der Waals surface area contributed by atoms with Crippen LogP contribution in [0.15, 0.2) is 114 Å². The van der Waals surface area contributed by atoms with E-state index in [-0.39, 0.29) is 11.9 Å². The molecule has 1 fully saturated rings. The molecule has 0 aromatic heterocycles. The fourth-order valence-electron chi connectivity index (χ4n) is 6.05. The van der Waals surface area contributed by atoms with Crippen LogP contribution in [0.25, 0.3) is 0 Å². The van der Waals surface area contributed by atoms with Gasteiger partial charge in [0.1, 0.15) is 11.5 Å². The molecular weight excluding hydrogens is 532 g/mol. The van der Waals surface area contributed by atoms with E-state index in [2.05, 4.69) is 77.4 Å². The summed E-state index contributed by atoms with van der Waals surface area (Å²) in [6.07, 6.45) is 3.39. The summed E-state index contributed by atoms with van der Waals surface area (Å²) >= 11 is 0. The number of ether oxygens (including phenoxy) is 1. The smallest absolute Gasteiger partial charge is 0.278 e. The number of unbranched alkanes of at least 4 members (excludes halogenated alkanes) is 2. The van der Waals surface area contributed by atoms with Crippen molar-refractivity contribution >= 4 is 23.0 Å². The van der Waals surface area contributed by atoms with E-state index in [1.165, 1.54) is 24.0 Å². The molecule has 43 heavy (non-hydrogen) atoms. The minimum atomic E-state index is -0.0463. The van der Waals surface area contributed by atoms with Gasteiger partial charge in [-0.3, -0.25) is 19.5 Å². The quantitative estimate of drug-likeness (QED) is 0.180. The molecule has 220 valence electrons. The number of hydrogen-bond acceptors (Lipinski definition) is 5. The van der Waals surface area contributed by atoms with E-state index in [4.69, 9.17) is 9.73 Å². The summed E-state index contributed by atoms with van der Waals surface area (Å²) < 4.78 is 5.85. The molecule has 4 aromatic carbocycles. The predicted molar refractivity (Wildman–Crippen MR) is 174 cm³/mol. The summed E-state index contributed by atoms with van der Waals surface area (Å²) in [5.41, 5.74) is 5.68. The van der Waals surface area contributed by atoms with Crippen molar-refractivity contribution in [1.82, 2.24) is 9.80 Å². The lowest BCUT2D eigenvalue weighted by molar-refractivity contribution is -0.112. The summed E-state index contributed by atoms with van der Waals surface area (Å²) in [5, 5.41) is 0. The average molecular weight is 573 g/mol. The number of amides is 1. The second kappa shape index (κ2) is 13.8. The number of piperazine rings is 1. The van der Waals surface area contributed by atoms with Crippen molar-refractivity contribution in [3.63, 3.8) is 0 Å². The van der Waals surface area contributed by atoms with Crippen molar-refractivity contribution in [1.29, 1.82) is 0 Å². The Morgan fingerprint density at radius 3 is 2.02 bits per heavy atom. The molecule has 0 unspecified atom stereocenters. The van der Waals surface area contributed by atoms with Crippen LogP contribution in [-0.4, -0.2) is 60.9 Å². The van der Waals surface area contributed by atoms with Gasteiger partial charge in [0.15, 0.2) is 0 Å². The summed E-state index contributed by atoms with van der Waals surface area (Å²) in [7, 11) is 0. The molecule has 6 rings (SSSR count). The molecule has 1 saturated heterocycles. The van der Waals surface area contributed by atoms with E-state index in [0.29, 0.717) is 12.4 Å². The fourth-order valence-corrected chi connectivity index (χ4v) is 6.05. The number of carbonyl (C=O) groups excluding carboxylic acids is 1. The van der Waals surface area contributed by atoms with Gasteiger partial charge in [0.25, 0.3) is 5.91 Å². The van der Waals surface area contributed by atoms with Gasteiger partial charge in [0.05, 0.1) is 30.7 Å². The molecule has 6 heteroatoms. The molecule has 2 aliphatic heterocycles. The lowest BCUT2D eigenvalue weighted by atomic mass is 9.96. The highest BCUT2D eigenvalue weighted by atomic mass is 16.5. The topological polar surface area (TPSA) is 48.4 Å². The molecule has 0 aliphatic carbocycles. The van der Waals surface area contributed by atoms with Crippen LogP contribution in [0, 0.1) is 0 Å².